The number of nitroso groups, excluding NO2 is 1. The number of carbonyl (C=O) groups is 2. The number of fused-ring (bicyclic) bond motifs is 1. The maximum Gasteiger partial charge on any atom is 0.375 e. The van der Waals surface area contributed by atoms with Crippen LogP contribution < -0.4 is 5.90 Å². The van der Waals surface area contributed by atoms with E-state index in [1.54, 1.807) is 0 Å². The molecular formula is C10H9N3O4. The van der Waals surface area contributed by atoms with Crippen LogP contribution in [0.2, 0.25) is 0 Å². The second-order valence-corrected chi connectivity index (χ2v) is 3.64. The molecule has 1 aromatic heterocycles. The van der Waals surface area contributed by atoms with E-state index in [1.807, 2.05) is 0 Å². The minimum atomic E-state index is -0.906. The number of aromatic nitrogens is 1. The molecule has 1 aromatic rings. The molecule has 17 heavy (non-hydrogen) atoms. The molecule has 1 aliphatic rings. The summed E-state index contributed by atoms with van der Waals surface area (Å²) in [6.45, 7) is 0. The number of pyridine rings is 1. The first kappa shape index (κ1) is 11.3. The fraction of sp³-hybridized carbons (Fsp3) is 0.300. The predicted molar refractivity (Wildman–Crippen MR) is 56.0 cm³/mol. The smallest absolute Gasteiger partial charge is 0.368 e. The van der Waals surface area contributed by atoms with Gasteiger partial charge in [0.05, 0.1) is 5.56 Å². The number of hydrogen-bond acceptors (Lipinski definition) is 6. The van der Waals surface area contributed by atoms with Gasteiger partial charge in [0.25, 0.3) is 0 Å². The zero-order valence-electron chi connectivity index (χ0n) is 8.80. The van der Waals surface area contributed by atoms with Crippen LogP contribution in [0.1, 0.15) is 38.5 Å². The Morgan fingerprint density at radius 2 is 2.18 bits per heavy atom. The summed E-state index contributed by atoms with van der Waals surface area (Å²) in [7, 11) is 0. The first-order valence-electron chi connectivity index (χ1n) is 4.99. The molecule has 0 radical (unpaired) electrons. The fourth-order valence-electron chi connectivity index (χ4n) is 1.95. The molecule has 2 N–H and O–H groups in total. The Hall–Kier alpha value is -2.15. The van der Waals surface area contributed by atoms with E-state index in [1.165, 1.54) is 6.07 Å². The van der Waals surface area contributed by atoms with Crippen LogP contribution in [0, 0.1) is 4.91 Å². The zero-order chi connectivity index (χ0) is 12.4. The number of rotatable bonds is 2. The van der Waals surface area contributed by atoms with Gasteiger partial charge in [-0.2, -0.15) is 5.90 Å². The van der Waals surface area contributed by atoms with Crippen LogP contribution in [0.25, 0.3) is 0 Å². The predicted octanol–water partition coefficient (Wildman–Crippen LogP) is 0.507. The molecule has 0 aromatic carbocycles. The summed E-state index contributed by atoms with van der Waals surface area (Å²) in [5.74, 6) is 2.99. The molecule has 1 aliphatic carbocycles. The molecule has 88 valence electrons. The Morgan fingerprint density at radius 3 is 2.82 bits per heavy atom. The van der Waals surface area contributed by atoms with Crippen molar-refractivity contribution in [1.29, 1.82) is 0 Å². The molecule has 1 amide bonds. The average Bonchev–Trinajstić information content (AvgIpc) is 2.83. The van der Waals surface area contributed by atoms with Gasteiger partial charge < -0.3 is 4.84 Å². The summed E-state index contributed by atoms with van der Waals surface area (Å²) in [5.41, 5.74) is 1.34. The Kier molecular flexibility index (Phi) is 2.92. The normalized spacial score (nSPS) is 13.0. The Balaban J connectivity index is 2.57. The van der Waals surface area contributed by atoms with E-state index in [2.05, 4.69) is 15.0 Å². The third kappa shape index (κ3) is 1.92. The van der Waals surface area contributed by atoms with Crippen LogP contribution in [-0.2, 0) is 17.7 Å². The third-order valence-corrected chi connectivity index (χ3v) is 2.68. The Labute approximate surface area is 95.9 Å². The highest BCUT2D eigenvalue weighted by molar-refractivity contribution is 5.99. The van der Waals surface area contributed by atoms with Gasteiger partial charge in [-0.3, -0.25) is 4.79 Å². The summed E-state index contributed by atoms with van der Waals surface area (Å²) in [6, 6.07) is 1.20. The first-order chi connectivity index (χ1) is 8.17. The minimum absolute atomic E-state index is 0.0832. The Bertz CT molecular complexity index is 513. The second-order valence-electron chi connectivity index (χ2n) is 3.64. The molecule has 0 spiro atoms. The van der Waals surface area contributed by atoms with Crippen molar-refractivity contribution in [2.24, 2.45) is 11.1 Å². The quantitative estimate of drug-likeness (QED) is 0.590. The highest BCUT2D eigenvalue weighted by Crippen LogP contribution is 2.25. The molecule has 0 saturated carbocycles. The van der Waals surface area contributed by atoms with Gasteiger partial charge in [0.15, 0.2) is 5.69 Å². The largest absolute Gasteiger partial charge is 0.375 e. The molecule has 0 saturated heterocycles. The van der Waals surface area contributed by atoms with Crippen molar-refractivity contribution in [1.82, 2.24) is 4.98 Å². The fourth-order valence-corrected chi connectivity index (χ4v) is 1.95. The highest BCUT2D eigenvalue weighted by Gasteiger charge is 2.24. The van der Waals surface area contributed by atoms with Crippen LogP contribution in [0.5, 0.6) is 0 Å². The summed E-state index contributed by atoms with van der Waals surface area (Å²) in [6.07, 6.45) is 2.12. The summed E-state index contributed by atoms with van der Waals surface area (Å²) in [4.78, 5) is 41.0. The summed E-state index contributed by atoms with van der Waals surface area (Å²) < 4.78 is 0. The van der Waals surface area contributed by atoms with Gasteiger partial charge in [-0.25, -0.2) is 9.78 Å². The first-order valence-corrected chi connectivity index (χ1v) is 4.99. The van der Waals surface area contributed by atoms with Crippen molar-refractivity contribution in [3.05, 3.63) is 33.5 Å². The van der Waals surface area contributed by atoms with E-state index in [0.717, 1.165) is 6.42 Å². The molecule has 0 bridgehead atoms. The van der Waals surface area contributed by atoms with Crippen LogP contribution in [0.4, 0.5) is 0 Å². The van der Waals surface area contributed by atoms with E-state index in [-0.39, 0.29) is 11.3 Å². The van der Waals surface area contributed by atoms with E-state index in [4.69, 9.17) is 5.90 Å². The van der Waals surface area contributed by atoms with Crippen LogP contribution in [0.15, 0.2) is 11.2 Å². The van der Waals surface area contributed by atoms with Crippen molar-refractivity contribution in [2.45, 2.75) is 19.3 Å². The van der Waals surface area contributed by atoms with Gasteiger partial charge in [-0.1, -0.05) is 0 Å². The van der Waals surface area contributed by atoms with Gasteiger partial charge in [-0.15, -0.1) is 4.91 Å². The molecule has 1 heterocycles. The van der Waals surface area contributed by atoms with Crippen molar-refractivity contribution in [2.75, 3.05) is 0 Å². The maximum absolute atomic E-state index is 11.3. The van der Waals surface area contributed by atoms with Crippen LogP contribution >= 0.6 is 0 Å². The van der Waals surface area contributed by atoms with Gasteiger partial charge in [0, 0.05) is 10.9 Å². The number of nitrogens with two attached hydrogens (primary N) is 1. The Morgan fingerprint density at radius 1 is 1.41 bits per heavy atom. The van der Waals surface area contributed by atoms with Gasteiger partial charge >= 0.3 is 11.9 Å². The second kappa shape index (κ2) is 4.38. The highest BCUT2D eigenvalue weighted by atomic mass is 16.7. The molecule has 0 fully saturated rings. The standard InChI is InChI=1S/C10H9N3O4/c11-17-10(15)8-4-6(9(14)13-16)5-2-1-3-7(5)12-8/h4H,1-3,11H2. The zero-order valence-corrected chi connectivity index (χ0v) is 8.80. The van der Waals surface area contributed by atoms with Crippen molar-refractivity contribution >= 4 is 11.9 Å². The molecular weight excluding hydrogens is 226 g/mol. The van der Waals surface area contributed by atoms with Crippen LogP contribution in [0.3, 0.4) is 0 Å². The molecule has 7 heteroatoms. The molecule has 0 atom stereocenters. The van der Waals surface area contributed by atoms with E-state index in [0.29, 0.717) is 24.1 Å². The average molecular weight is 235 g/mol. The van der Waals surface area contributed by atoms with Gasteiger partial charge in [0.1, 0.15) is 0 Å². The number of amides is 1. The molecule has 7 nitrogen and oxygen atoms in total. The monoisotopic (exact) mass is 235 g/mol. The maximum atomic E-state index is 11.3. The lowest BCUT2D eigenvalue weighted by atomic mass is 10.1. The molecule has 0 unspecified atom stereocenters. The lowest BCUT2D eigenvalue weighted by Crippen LogP contribution is -2.15. The topological polar surface area (TPSA) is 112 Å². The van der Waals surface area contributed by atoms with E-state index in [9.17, 15) is 14.5 Å². The van der Waals surface area contributed by atoms with Crippen molar-refractivity contribution in [3.8, 4) is 0 Å². The molecule has 2 rings (SSSR count). The summed E-state index contributed by atoms with van der Waals surface area (Å²) in [5, 5.41) is 2.36. The minimum Gasteiger partial charge on any atom is -0.368 e. The number of hydrogen-bond donors (Lipinski definition) is 1. The van der Waals surface area contributed by atoms with E-state index < -0.39 is 11.9 Å². The van der Waals surface area contributed by atoms with Crippen molar-refractivity contribution < 1.29 is 14.4 Å². The lowest BCUT2D eigenvalue weighted by Gasteiger charge is -2.05. The van der Waals surface area contributed by atoms with Crippen LogP contribution in [-0.4, -0.2) is 16.9 Å². The van der Waals surface area contributed by atoms with Gasteiger partial charge in [-0.05, 0) is 30.9 Å². The number of aryl methyl sites for hydroxylation is 1. The summed E-state index contributed by atoms with van der Waals surface area (Å²) >= 11 is 0. The lowest BCUT2D eigenvalue weighted by molar-refractivity contribution is 0.0496. The van der Waals surface area contributed by atoms with Crippen molar-refractivity contribution in [3.63, 3.8) is 0 Å². The number of carbonyl (C=O) groups excluding carboxylic acids is 2. The SMILES string of the molecule is NOC(=O)c1cc(C(=O)N=O)c2c(n1)CCC2. The van der Waals surface area contributed by atoms with E-state index >= 15 is 0 Å². The molecule has 0 aliphatic heterocycles. The third-order valence-electron chi connectivity index (χ3n) is 2.68. The number of nitrogens with zero attached hydrogens (tertiary/aromatic N) is 2. The van der Waals surface area contributed by atoms with Gasteiger partial charge in [0.2, 0.25) is 0 Å².